The largest absolute Gasteiger partial charge is 0.497 e. The summed E-state index contributed by atoms with van der Waals surface area (Å²) in [5.74, 6) is 2.93. The second-order valence-corrected chi connectivity index (χ2v) is 6.65. The van der Waals surface area contributed by atoms with Crippen LogP contribution in [0.5, 0.6) is 11.5 Å². The number of hydrogen-bond acceptors (Lipinski definition) is 6. The van der Waals surface area contributed by atoms with Crippen molar-refractivity contribution >= 4 is 28.9 Å². The topological polar surface area (TPSA) is 68.3 Å². The van der Waals surface area contributed by atoms with Gasteiger partial charge in [-0.3, -0.25) is 0 Å². The fourth-order valence-electron chi connectivity index (χ4n) is 2.72. The van der Waals surface area contributed by atoms with Gasteiger partial charge in [-0.25, -0.2) is 9.97 Å². The summed E-state index contributed by atoms with van der Waals surface area (Å²) < 4.78 is 10.6. The molecule has 0 saturated heterocycles. The minimum absolute atomic E-state index is 0.656. The van der Waals surface area contributed by atoms with E-state index < -0.39 is 0 Å². The van der Waals surface area contributed by atoms with Gasteiger partial charge in [0.15, 0.2) is 0 Å². The van der Waals surface area contributed by atoms with E-state index in [0.29, 0.717) is 16.6 Å². The maximum atomic E-state index is 6.17. The Hall–Kier alpha value is -2.99. The molecule has 3 aromatic rings. The SMILES string of the molecule is COc1ccc(CCNc2cc(Nc3cc(C)c(Cl)cc3OC)ncn2)cc1. The van der Waals surface area contributed by atoms with Crippen molar-refractivity contribution in [1.82, 2.24) is 9.97 Å². The van der Waals surface area contributed by atoms with Gasteiger partial charge < -0.3 is 20.1 Å². The number of aromatic nitrogens is 2. The Morgan fingerprint density at radius 1 is 0.964 bits per heavy atom. The van der Waals surface area contributed by atoms with E-state index in [9.17, 15) is 0 Å². The predicted molar refractivity (Wildman–Crippen MR) is 113 cm³/mol. The van der Waals surface area contributed by atoms with Crippen LogP contribution in [0.3, 0.4) is 0 Å². The molecule has 28 heavy (non-hydrogen) atoms. The maximum Gasteiger partial charge on any atom is 0.143 e. The van der Waals surface area contributed by atoms with Crippen molar-refractivity contribution in [3.05, 3.63) is 64.9 Å². The van der Waals surface area contributed by atoms with Gasteiger partial charge in [-0.1, -0.05) is 23.7 Å². The van der Waals surface area contributed by atoms with Crippen LogP contribution < -0.4 is 20.1 Å². The lowest BCUT2D eigenvalue weighted by atomic mass is 10.1. The zero-order chi connectivity index (χ0) is 19.9. The third-order valence-electron chi connectivity index (χ3n) is 4.29. The van der Waals surface area contributed by atoms with Crippen LogP contribution in [-0.2, 0) is 6.42 Å². The minimum Gasteiger partial charge on any atom is -0.497 e. The third kappa shape index (κ3) is 5.04. The first-order chi connectivity index (χ1) is 13.6. The molecular formula is C21H23ClN4O2. The maximum absolute atomic E-state index is 6.17. The monoisotopic (exact) mass is 398 g/mol. The van der Waals surface area contributed by atoms with Crippen molar-refractivity contribution in [2.75, 3.05) is 31.4 Å². The summed E-state index contributed by atoms with van der Waals surface area (Å²) in [7, 11) is 3.27. The number of nitrogens with zero attached hydrogens (tertiary/aromatic N) is 2. The number of hydrogen-bond donors (Lipinski definition) is 2. The molecule has 1 heterocycles. The van der Waals surface area contributed by atoms with Crippen molar-refractivity contribution in [3.63, 3.8) is 0 Å². The van der Waals surface area contributed by atoms with Gasteiger partial charge in [0.1, 0.15) is 29.5 Å². The van der Waals surface area contributed by atoms with Crippen molar-refractivity contribution < 1.29 is 9.47 Å². The average molecular weight is 399 g/mol. The molecule has 146 valence electrons. The number of ether oxygens (including phenoxy) is 2. The molecule has 0 atom stereocenters. The zero-order valence-electron chi connectivity index (χ0n) is 16.1. The molecule has 0 spiro atoms. The molecule has 0 unspecified atom stereocenters. The smallest absolute Gasteiger partial charge is 0.143 e. The molecule has 0 aliphatic rings. The molecular weight excluding hydrogens is 376 g/mol. The summed E-state index contributed by atoms with van der Waals surface area (Å²) >= 11 is 6.17. The Labute approximate surface area is 169 Å². The molecule has 0 amide bonds. The van der Waals surface area contributed by atoms with E-state index in [0.717, 1.165) is 35.8 Å². The predicted octanol–water partition coefficient (Wildman–Crippen LogP) is 4.85. The summed E-state index contributed by atoms with van der Waals surface area (Å²) in [5, 5.41) is 7.24. The summed E-state index contributed by atoms with van der Waals surface area (Å²) in [6.45, 7) is 2.70. The van der Waals surface area contributed by atoms with E-state index in [1.807, 2.05) is 31.2 Å². The molecule has 0 radical (unpaired) electrons. The van der Waals surface area contributed by atoms with Crippen LogP contribution in [0.1, 0.15) is 11.1 Å². The van der Waals surface area contributed by atoms with Gasteiger partial charge in [0.25, 0.3) is 0 Å². The van der Waals surface area contributed by atoms with Gasteiger partial charge in [0.2, 0.25) is 0 Å². The summed E-state index contributed by atoms with van der Waals surface area (Å²) in [6, 6.07) is 13.6. The molecule has 0 fully saturated rings. The number of nitrogens with one attached hydrogen (secondary N) is 2. The summed E-state index contributed by atoms with van der Waals surface area (Å²) in [5.41, 5.74) is 2.98. The molecule has 0 aliphatic carbocycles. The van der Waals surface area contributed by atoms with E-state index >= 15 is 0 Å². The Morgan fingerprint density at radius 2 is 1.71 bits per heavy atom. The lowest BCUT2D eigenvalue weighted by molar-refractivity contribution is 0.414. The molecule has 0 bridgehead atoms. The highest BCUT2D eigenvalue weighted by Gasteiger charge is 2.08. The number of aryl methyl sites for hydroxylation is 1. The van der Waals surface area contributed by atoms with Crippen LogP contribution in [0, 0.1) is 6.92 Å². The van der Waals surface area contributed by atoms with E-state index in [2.05, 4.69) is 32.7 Å². The quantitative estimate of drug-likeness (QED) is 0.565. The van der Waals surface area contributed by atoms with Crippen LogP contribution in [0.25, 0.3) is 0 Å². The molecule has 1 aromatic heterocycles. The van der Waals surface area contributed by atoms with Gasteiger partial charge in [0, 0.05) is 23.7 Å². The number of anilines is 3. The molecule has 6 nitrogen and oxygen atoms in total. The second kappa shape index (κ2) is 9.28. The van der Waals surface area contributed by atoms with Crippen LogP contribution in [0.15, 0.2) is 48.8 Å². The van der Waals surface area contributed by atoms with E-state index in [-0.39, 0.29) is 0 Å². The first-order valence-electron chi connectivity index (χ1n) is 8.89. The number of methoxy groups -OCH3 is 2. The van der Waals surface area contributed by atoms with E-state index in [1.165, 1.54) is 11.9 Å². The Bertz CT molecular complexity index is 932. The highest BCUT2D eigenvalue weighted by atomic mass is 35.5. The van der Waals surface area contributed by atoms with Crippen molar-refractivity contribution in [3.8, 4) is 11.5 Å². The fourth-order valence-corrected chi connectivity index (χ4v) is 2.87. The average Bonchev–Trinajstić information content (AvgIpc) is 2.71. The van der Waals surface area contributed by atoms with Gasteiger partial charge in [-0.15, -0.1) is 0 Å². The van der Waals surface area contributed by atoms with Crippen molar-refractivity contribution in [1.29, 1.82) is 0 Å². The first kappa shape index (κ1) is 19.8. The number of rotatable bonds is 8. The molecule has 0 saturated carbocycles. The molecule has 2 N–H and O–H groups in total. The summed E-state index contributed by atoms with van der Waals surface area (Å²) in [6.07, 6.45) is 2.40. The Balaban J connectivity index is 1.63. The number of benzene rings is 2. The van der Waals surface area contributed by atoms with Gasteiger partial charge >= 0.3 is 0 Å². The van der Waals surface area contributed by atoms with E-state index in [1.54, 1.807) is 20.3 Å². The van der Waals surface area contributed by atoms with Crippen LogP contribution in [0.4, 0.5) is 17.3 Å². The van der Waals surface area contributed by atoms with Crippen molar-refractivity contribution in [2.45, 2.75) is 13.3 Å². The minimum atomic E-state index is 0.656. The molecule has 0 aliphatic heterocycles. The summed E-state index contributed by atoms with van der Waals surface area (Å²) in [4.78, 5) is 8.56. The highest BCUT2D eigenvalue weighted by molar-refractivity contribution is 6.31. The lowest BCUT2D eigenvalue weighted by Crippen LogP contribution is -2.07. The third-order valence-corrected chi connectivity index (χ3v) is 4.70. The van der Waals surface area contributed by atoms with Crippen LogP contribution >= 0.6 is 11.6 Å². The zero-order valence-corrected chi connectivity index (χ0v) is 16.9. The Morgan fingerprint density at radius 3 is 2.43 bits per heavy atom. The fraction of sp³-hybridized carbons (Fsp3) is 0.238. The highest BCUT2D eigenvalue weighted by Crippen LogP contribution is 2.32. The molecule has 3 rings (SSSR count). The normalized spacial score (nSPS) is 10.4. The standard InChI is InChI=1S/C21H23ClN4O2/c1-14-10-18(19(28-3)11-17(14)22)26-21-12-20(24-13-25-21)23-9-8-15-4-6-16(27-2)7-5-15/h4-7,10-13H,8-9H2,1-3H3,(H2,23,24,25,26). The number of halogens is 1. The van der Waals surface area contributed by atoms with Gasteiger partial charge in [-0.2, -0.15) is 0 Å². The van der Waals surface area contributed by atoms with Crippen LogP contribution in [0.2, 0.25) is 5.02 Å². The van der Waals surface area contributed by atoms with Crippen molar-refractivity contribution in [2.24, 2.45) is 0 Å². The second-order valence-electron chi connectivity index (χ2n) is 6.24. The molecule has 2 aromatic carbocycles. The van der Waals surface area contributed by atoms with Crippen LogP contribution in [-0.4, -0.2) is 30.7 Å². The Kier molecular flexibility index (Phi) is 6.55. The lowest BCUT2D eigenvalue weighted by Gasteiger charge is -2.13. The molecule has 7 heteroatoms. The van der Waals surface area contributed by atoms with E-state index in [4.69, 9.17) is 21.1 Å². The van der Waals surface area contributed by atoms with Gasteiger partial charge in [-0.05, 0) is 42.7 Å². The first-order valence-corrected chi connectivity index (χ1v) is 9.27. The van der Waals surface area contributed by atoms with Gasteiger partial charge in [0.05, 0.1) is 19.9 Å².